The van der Waals surface area contributed by atoms with Crippen molar-refractivity contribution >= 4 is 5.71 Å². The van der Waals surface area contributed by atoms with E-state index in [1.54, 1.807) is 12.5 Å². The van der Waals surface area contributed by atoms with Crippen LogP contribution < -0.4 is 0 Å². The molecular formula is C18H17N3. The van der Waals surface area contributed by atoms with Gasteiger partial charge in [-0.25, -0.2) is 4.98 Å². The van der Waals surface area contributed by atoms with Crippen LogP contribution in [0.1, 0.15) is 18.9 Å². The van der Waals surface area contributed by atoms with E-state index in [1.165, 1.54) is 11.1 Å². The number of aromatic nitrogens is 2. The van der Waals surface area contributed by atoms with Gasteiger partial charge in [-0.1, -0.05) is 43.3 Å². The van der Waals surface area contributed by atoms with Gasteiger partial charge in [0.1, 0.15) is 0 Å². The molecule has 0 aliphatic rings. The third-order valence-corrected chi connectivity index (χ3v) is 3.59. The van der Waals surface area contributed by atoms with E-state index in [4.69, 9.17) is 5.41 Å². The van der Waals surface area contributed by atoms with Crippen molar-refractivity contribution in [3.05, 3.63) is 72.8 Å². The zero-order valence-corrected chi connectivity index (χ0v) is 12.0. The molecule has 0 unspecified atom stereocenters. The van der Waals surface area contributed by atoms with Gasteiger partial charge in [-0.2, -0.15) is 0 Å². The molecule has 0 aliphatic carbocycles. The molecule has 1 heterocycles. The van der Waals surface area contributed by atoms with E-state index in [2.05, 4.69) is 41.4 Å². The van der Waals surface area contributed by atoms with Gasteiger partial charge in [-0.3, -0.25) is 0 Å². The Hall–Kier alpha value is -2.68. The van der Waals surface area contributed by atoms with Crippen LogP contribution in [0.2, 0.25) is 0 Å². The van der Waals surface area contributed by atoms with Gasteiger partial charge in [0.25, 0.3) is 0 Å². The monoisotopic (exact) mass is 275 g/mol. The van der Waals surface area contributed by atoms with Gasteiger partial charge in [-0.05, 0) is 35.2 Å². The summed E-state index contributed by atoms with van der Waals surface area (Å²) in [5, 5.41) is 7.85. The van der Waals surface area contributed by atoms with Crippen molar-refractivity contribution in [1.82, 2.24) is 9.55 Å². The van der Waals surface area contributed by atoms with E-state index < -0.39 is 0 Å². The van der Waals surface area contributed by atoms with Gasteiger partial charge < -0.3 is 9.98 Å². The number of rotatable bonds is 4. The summed E-state index contributed by atoms with van der Waals surface area (Å²) in [6.45, 7) is 2.01. The minimum absolute atomic E-state index is 0.678. The van der Waals surface area contributed by atoms with Crippen LogP contribution in [0.3, 0.4) is 0 Å². The molecule has 2 aromatic carbocycles. The molecule has 0 saturated heterocycles. The summed E-state index contributed by atoms with van der Waals surface area (Å²) in [5.41, 5.74) is 5.11. The van der Waals surface area contributed by atoms with Gasteiger partial charge in [-0.15, -0.1) is 0 Å². The SMILES string of the molecule is CCC(=N)c1ccc(-c2ccc(-n3ccnc3)cc2)cc1. The van der Waals surface area contributed by atoms with Gasteiger partial charge in [0, 0.05) is 23.8 Å². The Balaban J connectivity index is 1.85. The van der Waals surface area contributed by atoms with Crippen LogP contribution in [0.25, 0.3) is 16.8 Å². The molecule has 21 heavy (non-hydrogen) atoms. The zero-order valence-electron chi connectivity index (χ0n) is 12.0. The number of hydrogen-bond acceptors (Lipinski definition) is 2. The smallest absolute Gasteiger partial charge is 0.0991 e. The van der Waals surface area contributed by atoms with Crippen LogP contribution in [-0.2, 0) is 0 Å². The average Bonchev–Trinajstić information content (AvgIpc) is 3.09. The first-order valence-electron chi connectivity index (χ1n) is 7.04. The fourth-order valence-electron chi connectivity index (χ4n) is 2.31. The van der Waals surface area contributed by atoms with Crippen molar-refractivity contribution in [2.45, 2.75) is 13.3 Å². The first-order chi connectivity index (χ1) is 10.3. The molecule has 0 spiro atoms. The Kier molecular flexibility index (Phi) is 3.65. The Morgan fingerprint density at radius 1 is 1.00 bits per heavy atom. The van der Waals surface area contributed by atoms with Crippen LogP contribution in [0.5, 0.6) is 0 Å². The van der Waals surface area contributed by atoms with E-state index in [0.29, 0.717) is 5.71 Å². The molecule has 1 aromatic heterocycles. The van der Waals surface area contributed by atoms with E-state index >= 15 is 0 Å². The summed E-state index contributed by atoms with van der Waals surface area (Å²) < 4.78 is 1.98. The second-order valence-corrected chi connectivity index (χ2v) is 4.93. The maximum Gasteiger partial charge on any atom is 0.0991 e. The zero-order chi connectivity index (χ0) is 14.7. The standard InChI is InChI=1S/C18H17N3/c1-2-18(19)16-5-3-14(4-6-16)15-7-9-17(10-8-15)21-12-11-20-13-21/h3-13,19H,2H2,1H3. The highest BCUT2D eigenvalue weighted by atomic mass is 15.0. The van der Waals surface area contributed by atoms with E-state index in [-0.39, 0.29) is 0 Å². The third-order valence-electron chi connectivity index (χ3n) is 3.59. The van der Waals surface area contributed by atoms with Crippen LogP contribution in [0.15, 0.2) is 67.3 Å². The normalized spacial score (nSPS) is 10.5. The van der Waals surface area contributed by atoms with E-state index in [1.807, 2.05) is 29.8 Å². The van der Waals surface area contributed by atoms with Gasteiger partial charge in [0.05, 0.1) is 6.33 Å². The highest BCUT2D eigenvalue weighted by molar-refractivity contribution is 5.98. The Labute approximate surface area is 124 Å². The molecular weight excluding hydrogens is 258 g/mol. The van der Waals surface area contributed by atoms with Crippen LogP contribution >= 0.6 is 0 Å². The van der Waals surface area contributed by atoms with Crippen molar-refractivity contribution in [1.29, 1.82) is 5.41 Å². The van der Waals surface area contributed by atoms with E-state index in [9.17, 15) is 0 Å². The molecule has 1 N–H and O–H groups in total. The highest BCUT2D eigenvalue weighted by Gasteiger charge is 2.02. The largest absolute Gasteiger partial charge is 0.306 e. The van der Waals surface area contributed by atoms with E-state index in [0.717, 1.165) is 17.7 Å². The molecule has 0 fully saturated rings. The first-order valence-corrected chi connectivity index (χ1v) is 7.04. The van der Waals surface area contributed by atoms with Crippen molar-refractivity contribution in [3.8, 4) is 16.8 Å². The van der Waals surface area contributed by atoms with Crippen LogP contribution in [0, 0.1) is 5.41 Å². The summed E-state index contributed by atoms with van der Waals surface area (Å²) in [7, 11) is 0. The van der Waals surface area contributed by atoms with Crippen LogP contribution in [-0.4, -0.2) is 15.3 Å². The molecule has 0 aliphatic heterocycles. The van der Waals surface area contributed by atoms with Crippen LogP contribution in [0.4, 0.5) is 0 Å². The summed E-state index contributed by atoms with van der Waals surface area (Å²) in [6.07, 6.45) is 6.26. The Morgan fingerprint density at radius 2 is 1.62 bits per heavy atom. The summed E-state index contributed by atoms with van der Waals surface area (Å²) in [5.74, 6) is 0. The second kappa shape index (κ2) is 5.75. The van der Waals surface area contributed by atoms with Gasteiger partial charge in [0.15, 0.2) is 0 Å². The van der Waals surface area contributed by atoms with Crippen molar-refractivity contribution in [3.63, 3.8) is 0 Å². The Bertz CT molecular complexity index is 723. The number of hydrogen-bond donors (Lipinski definition) is 1. The predicted molar refractivity (Wildman–Crippen MR) is 86.1 cm³/mol. The quantitative estimate of drug-likeness (QED) is 0.708. The number of imidazole rings is 1. The highest BCUT2D eigenvalue weighted by Crippen LogP contribution is 2.22. The summed E-state index contributed by atoms with van der Waals surface area (Å²) in [6, 6.07) is 16.6. The van der Waals surface area contributed by atoms with Crippen molar-refractivity contribution in [2.24, 2.45) is 0 Å². The Morgan fingerprint density at radius 3 is 2.14 bits per heavy atom. The topological polar surface area (TPSA) is 41.7 Å². The maximum atomic E-state index is 7.85. The van der Waals surface area contributed by atoms with Gasteiger partial charge in [0.2, 0.25) is 0 Å². The number of benzene rings is 2. The predicted octanol–water partition coefficient (Wildman–Crippen LogP) is 4.32. The lowest BCUT2D eigenvalue weighted by Crippen LogP contribution is -1.95. The maximum absolute atomic E-state index is 7.85. The summed E-state index contributed by atoms with van der Waals surface area (Å²) in [4.78, 5) is 4.06. The van der Waals surface area contributed by atoms with Crippen molar-refractivity contribution < 1.29 is 0 Å². The minimum Gasteiger partial charge on any atom is -0.306 e. The number of nitrogens with one attached hydrogen (secondary N) is 1. The van der Waals surface area contributed by atoms with Gasteiger partial charge >= 0.3 is 0 Å². The lowest BCUT2D eigenvalue weighted by atomic mass is 10.0. The molecule has 3 aromatic rings. The first kappa shape index (κ1) is 13.3. The molecule has 0 saturated carbocycles. The fourth-order valence-corrected chi connectivity index (χ4v) is 2.31. The molecule has 0 atom stereocenters. The molecule has 3 rings (SSSR count). The third kappa shape index (κ3) is 2.77. The molecule has 0 amide bonds. The lowest BCUT2D eigenvalue weighted by molar-refractivity contribution is 1.06. The molecule has 3 heteroatoms. The molecule has 0 radical (unpaired) electrons. The fraction of sp³-hybridized carbons (Fsp3) is 0.111. The number of nitrogens with zero attached hydrogens (tertiary/aromatic N) is 2. The van der Waals surface area contributed by atoms with Crippen molar-refractivity contribution in [2.75, 3.05) is 0 Å². The second-order valence-electron chi connectivity index (χ2n) is 4.93. The lowest BCUT2D eigenvalue weighted by Gasteiger charge is -2.07. The summed E-state index contributed by atoms with van der Waals surface area (Å²) >= 11 is 0. The average molecular weight is 275 g/mol. The molecule has 0 bridgehead atoms. The molecule has 104 valence electrons. The molecule has 3 nitrogen and oxygen atoms in total. The minimum atomic E-state index is 0.678.